The van der Waals surface area contributed by atoms with Crippen molar-refractivity contribution in [2.75, 3.05) is 13.2 Å². The summed E-state index contributed by atoms with van der Waals surface area (Å²) in [6.07, 6.45) is 9.10. The number of carbonyl (C=O) groups excluding carboxylic acids is 1. The Kier molecular flexibility index (Phi) is 5.14. The van der Waals surface area contributed by atoms with E-state index in [9.17, 15) is 4.79 Å². The molecule has 1 aromatic rings. The Morgan fingerprint density at radius 3 is 2.59 bits per heavy atom. The van der Waals surface area contributed by atoms with Crippen LogP contribution in [0.3, 0.4) is 0 Å². The summed E-state index contributed by atoms with van der Waals surface area (Å²) in [7, 11) is 0. The molecule has 1 unspecified atom stereocenters. The molecule has 0 aromatic heterocycles. The zero-order chi connectivity index (χ0) is 15.3. The molecule has 0 radical (unpaired) electrons. The summed E-state index contributed by atoms with van der Waals surface area (Å²) in [5, 5.41) is 3.19. The predicted molar refractivity (Wildman–Crippen MR) is 87.8 cm³/mol. The largest absolute Gasteiger partial charge is 0.378 e. The van der Waals surface area contributed by atoms with E-state index >= 15 is 0 Å². The van der Waals surface area contributed by atoms with Crippen molar-refractivity contribution < 1.29 is 9.53 Å². The molecule has 2 fully saturated rings. The Hall–Kier alpha value is -1.35. The number of rotatable bonds is 5. The standard InChI is InChI=1S/C19H27NO2/c21-18(20-14-11-17-10-4-7-15-22-17)19(12-5-6-13-19)16-8-2-1-3-9-16/h1-3,8-9,17H,4-7,10-15H2,(H,20,21). The van der Waals surface area contributed by atoms with Crippen LogP contribution in [0.25, 0.3) is 0 Å². The second-order valence-corrected chi connectivity index (χ2v) is 6.69. The fourth-order valence-electron chi connectivity index (χ4n) is 3.93. The lowest BCUT2D eigenvalue weighted by atomic mass is 9.78. The number of nitrogens with one attached hydrogen (secondary N) is 1. The molecule has 1 atom stereocenters. The van der Waals surface area contributed by atoms with Gasteiger partial charge in [0.15, 0.2) is 0 Å². The molecule has 3 nitrogen and oxygen atoms in total. The lowest BCUT2D eigenvalue weighted by molar-refractivity contribution is -0.126. The van der Waals surface area contributed by atoms with Gasteiger partial charge in [-0.2, -0.15) is 0 Å². The lowest BCUT2D eigenvalue weighted by Gasteiger charge is -2.29. The zero-order valence-electron chi connectivity index (χ0n) is 13.4. The average molecular weight is 301 g/mol. The maximum Gasteiger partial charge on any atom is 0.230 e. The molecule has 1 saturated carbocycles. The number of benzene rings is 1. The molecule has 0 bridgehead atoms. The quantitative estimate of drug-likeness (QED) is 0.903. The van der Waals surface area contributed by atoms with Crippen molar-refractivity contribution in [1.82, 2.24) is 5.32 Å². The molecule has 1 N–H and O–H groups in total. The minimum atomic E-state index is -0.297. The number of carbonyl (C=O) groups is 1. The molecule has 3 heteroatoms. The molecule has 0 spiro atoms. The Morgan fingerprint density at radius 2 is 1.91 bits per heavy atom. The third-order valence-electron chi connectivity index (χ3n) is 5.24. The molecule has 2 aliphatic rings. The SMILES string of the molecule is O=C(NCCC1CCCCO1)C1(c2ccccc2)CCCC1. The molecule has 22 heavy (non-hydrogen) atoms. The first kappa shape index (κ1) is 15.5. The maximum absolute atomic E-state index is 12.9. The Labute approximate surface area is 133 Å². The molecule has 3 rings (SSSR count). The third-order valence-corrected chi connectivity index (χ3v) is 5.24. The van der Waals surface area contributed by atoms with E-state index in [-0.39, 0.29) is 11.3 Å². The van der Waals surface area contributed by atoms with E-state index in [1.54, 1.807) is 0 Å². The van der Waals surface area contributed by atoms with E-state index in [0.29, 0.717) is 6.10 Å². The van der Waals surface area contributed by atoms with E-state index in [1.807, 2.05) is 18.2 Å². The first-order valence-corrected chi connectivity index (χ1v) is 8.77. The van der Waals surface area contributed by atoms with Crippen molar-refractivity contribution in [3.05, 3.63) is 35.9 Å². The lowest BCUT2D eigenvalue weighted by Crippen LogP contribution is -2.43. The minimum absolute atomic E-state index is 0.215. The van der Waals surface area contributed by atoms with Crippen LogP contribution in [0.2, 0.25) is 0 Å². The highest BCUT2D eigenvalue weighted by Gasteiger charge is 2.42. The maximum atomic E-state index is 12.9. The van der Waals surface area contributed by atoms with Crippen LogP contribution in [0.1, 0.15) is 56.9 Å². The normalized spacial score (nSPS) is 24.1. The van der Waals surface area contributed by atoms with E-state index in [0.717, 1.165) is 51.7 Å². The fraction of sp³-hybridized carbons (Fsp3) is 0.632. The van der Waals surface area contributed by atoms with Gasteiger partial charge in [-0.1, -0.05) is 43.2 Å². The van der Waals surface area contributed by atoms with Crippen LogP contribution in [0.5, 0.6) is 0 Å². The second kappa shape index (κ2) is 7.28. The third kappa shape index (κ3) is 3.35. The monoisotopic (exact) mass is 301 g/mol. The average Bonchev–Trinajstić information content (AvgIpc) is 3.08. The van der Waals surface area contributed by atoms with Crippen LogP contribution in [-0.2, 0) is 14.9 Å². The number of hydrogen-bond donors (Lipinski definition) is 1. The van der Waals surface area contributed by atoms with Crippen LogP contribution in [0, 0.1) is 0 Å². The van der Waals surface area contributed by atoms with Crippen LogP contribution >= 0.6 is 0 Å². The van der Waals surface area contributed by atoms with Gasteiger partial charge in [-0.3, -0.25) is 4.79 Å². The van der Waals surface area contributed by atoms with Gasteiger partial charge in [-0.25, -0.2) is 0 Å². The Balaban J connectivity index is 1.59. The van der Waals surface area contributed by atoms with Crippen LogP contribution < -0.4 is 5.32 Å². The molecule has 1 saturated heterocycles. The molecule has 1 heterocycles. The smallest absolute Gasteiger partial charge is 0.230 e. The summed E-state index contributed by atoms with van der Waals surface area (Å²) < 4.78 is 5.74. The van der Waals surface area contributed by atoms with Crippen molar-refractivity contribution in [1.29, 1.82) is 0 Å². The van der Waals surface area contributed by atoms with E-state index < -0.39 is 0 Å². The number of hydrogen-bond acceptors (Lipinski definition) is 2. The molecule has 1 aliphatic heterocycles. The highest BCUT2D eigenvalue weighted by atomic mass is 16.5. The van der Waals surface area contributed by atoms with Gasteiger partial charge in [0.1, 0.15) is 0 Å². The van der Waals surface area contributed by atoms with Gasteiger partial charge in [0, 0.05) is 13.2 Å². The molecular weight excluding hydrogens is 274 g/mol. The van der Waals surface area contributed by atoms with Gasteiger partial charge in [0.2, 0.25) is 5.91 Å². The summed E-state index contributed by atoms with van der Waals surface area (Å²) >= 11 is 0. The van der Waals surface area contributed by atoms with Crippen molar-refractivity contribution >= 4 is 5.91 Å². The summed E-state index contributed by atoms with van der Waals surface area (Å²) in [6.45, 7) is 1.62. The molecule has 1 aliphatic carbocycles. The second-order valence-electron chi connectivity index (χ2n) is 6.69. The predicted octanol–water partition coefficient (Wildman–Crippen LogP) is 3.57. The Bertz CT molecular complexity index is 473. The van der Waals surface area contributed by atoms with Crippen molar-refractivity contribution in [3.8, 4) is 0 Å². The number of amides is 1. The first-order chi connectivity index (χ1) is 10.8. The van der Waals surface area contributed by atoms with Crippen molar-refractivity contribution in [2.45, 2.75) is 62.9 Å². The van der Waals surface area contributed by atoms with Gasteiger partial charge in [0.25, 0.3) is 0 Å². The van der Waals surface area contributed by atoms with E-state index in [4.69, 9.17) is 4.74 Å². The minimum Gasteiger partial charge on any atom is -0.378 e. The van der Waals surface area contributed by atoms with E-state index in [2.05, 4.69) is 17.4 Å². The Morgan fingerprint density at radius 1 is 1.14 bits per heavy atom. The summed E-state index contributed by atoms with van der Waals surface area (Å²) in [6, 6.07) is 10.3. The summed E-state index contributed by atoms with van der Waals surface area (Å²) in [5.74, 6) is 0.215. The van der Waals surface area contributed by atoms with Gasteiger partial charge >= 0.3 is 0 Å². The van der Waals surface area contributed by atoms with Gasteiger partial charge < -0.3 is 10.1 Å². The van der Waals surface area contributed by atoms with Crippen LogP contribution in [-0.4, -0.2) is 25.2 Å². The first-order valence-electron chi connectivity index (χ1n) is 8.77. The fourth-order valence-corrected chi connectivity index (χ4v) is 3.93. The summed E-state index contributed by atoms with van der Waals surface area (Å²) in [4.78, 5) is 12.9. The molecule has 1 aromatic carbocycles. The van der Waals surface area contributed by atoms with E-state index in [1.165, 1.54) is 18.4 Å². The number of ether oxygens (including phenoxy) is 1. The van der Waals surface area contributed by atoms with Gasteiger partial charge in [-0.15, -0.1) is 0 Å². The van der Waals surface area contributed by atoms with Crippen molar-refractivity contribution in [2.24, 2.45) is 0 Å². The van der Waals surface area contributed by atoms with Crippen LogP contribution in [0.4, 0.5) is 0 Å². The molecular formula is C19H27NO2. The summed E-state index contributed by atoms with van der Waals surface area (Å²) in [5.41, 5.74) is 0.883. The molecule has 1 amide bonds. The topological polar surface area (TPSA) is 38.3 Å². The highest BCUT2D eigenvalue weighted by Crippen LogP contribution is 2.41. The zero-order valence-corrected chi connectivity index (χ0v) is 13.4. The van der Waals surface area contributed by atoms with Crippen LogP contribution in [0.15, 0.2) is 30.3 Å². The van der Waals surface area contributed by atoms with Gasteiger partial charge in [0.05, 0.1) is 11.5 Å². The van der Waals surface area contributed by atoms with Gasteiger partial charge in [-0.05, 0) is 44.1 Å². The molecule has 120 valence electrons. The highest BCUT2D eigenvalue weighted by molar-refractivity contribution is 5.88. The van der Waals surface area contributed by atoms with Crippen molar-refractivity contribution in [3.63, 3.8) is 0 Å².